The second-order valence-electron chi connectivity index (χ2n) is 16.1. The van der Waals surface area contributed by atoms with Gasteiger partial charge in [-0.2, -0.15) is 0 Å². The van der Waals surface area contributed by atoms with E-state index in [4.69, 9.17) is 0 Å². The van der Waals surface area contributed by atoms with Crippen LogP contribution in [0.15, 0.2) is 96.1 Å². The number of halogens is 2. The molecular weight excluding hydrogens is 767 g/mol. The molecule has 0 saturated carbocycles. The largest absolute Gasteiger partial charge is 1.00 e. The Hall–Kier alpha value is -1.96. The summed E-state index contributed by atoms with van der Waals surface area (Å²) in [5, 5.41) is 3.65. The van der Waals surface area contributed by atoms with E-state index in [1.54, 1.807) is 22.3 Å². The molecule has 0 fully saturated rings. The van der Waals surface area contributed by atoms with Gasteiger partial charge >= 0.3 is 319 Å². The monoisotopic (exact) mass is 822 g/mol. The minimum absolute atomic E-state index is 0. The Morgan fingerprint density at radius 2 is 0.942 bits per heavy atom. The number of fused-ring (bicyclic) bond motifs is 8. The van der Waals surface area contributed by atoms with Crippen molar-refractivity contribution < 1.29 is 48.0 Å². The van der Waals surface area contributed by atoms with Gasteiger partial charge in [0.2, 0.25) is 0 Å². The van der Waals surface area contributed by atoms with Gasteiger partial charge in [-0.05, 0) is 0 Å². The maximum Gasteiger partial charge on any atom is -1.00 e. The molecule has 0 amide bonds. The standard InChI is InChI=1S/C48H58Si.2ClH.Zr/c1-9-13-17-41-31-39-19-15-21-43(37-27-23-35(24-28-37)33(5)11-3)45(39)47(41)49(7,8)48-42(18-14-10-2)32-40-20-16-22-44(46(40)48)38-29-25-36(26-30-38)34(6)12-4;;;/h15-16,19-34H,9-14,17-18H2,1-8H3;2*1H;/q;;;+2/p-2. The number of benzene rings is 4. The van der Waals surface area contributed by atoms with Crippen LogP contribution in [0.4, 0.5) is 0 Å². The maximum absolute atomic E-state index is 2.76. The van der Waals surface area contributed by atoms with E-state index in [1.165, 1.54) is 84.7 Å². The molecule has 0 N–H and O–H groups in total. The maximum atomic E-state index is 2.76. The summed E-state index contributed by atoms with van der Waals surface area (Å²) in [5.74, 6) is 1.20. The first-order valence-corrected chi connectivity index (χ1v) is 25.8. The summed E-state index contributed by atoms with van der Waals surface area (Å²) in [7, 11) is -2.19. The Bertz CT molecular complexity index is 1800. The molecular formula is C48H58Cl2SiZr. The van der Waals surface area contributed by atoms with Crippen LogP contribution in [0.3, 0.4) is 0 Å². The molecule has 0 aromatic heterocycles. The smallest absolute Gasteiger partial charge is 1.00 e. The summed E-state index contributed by atoms with van der Waals surface area (Å²) < 4.78 is 1.35. The molecule has 4 aromatic carbocycles. The van der Waals surface area contributed by atoms with Crippen molar-refractivity contribution in [1.29, 1.82) is 0 Å². The third-order valence-electron chi connectivity index (χ3n) is 12.6. The van der Waals surface area contributed by atoms with E-state index >= 15 is 0 Å². The van der Waals surface area contributed by atoms with Crippen LogP contribution in [0, 0.1) is 0 Å². The Balaban J connectivity index is 0.00000261. The van der Waals surface area contributed by atoms with Gasteiger partial charge < -0.3 is 24.8 Å². The first kappa shape index (κ1) is 41.2. The Morgan fingerprint density at radius 1 is 0.558 bits per heavy atom. The summed E-state index contributed by atoms with van der Waals surface area (Å²) in [6, 6.07) is 34.3. The Morgan fingerprint density at radius 3 is 1.29 bits per heavy atom. The zero-order valence-corrected chi connectivity index (χ0v) is 37.8. The Kier molecular flexibility index (Phi) is 13.7. The average Bonchev–Trinajstić information content (AvgIpc) is 3.66. The Labute approximate surface area is 340 Å². The van der Waals surface area contributed by atoms with Crippen molar-refractivity contribution in [3.8, 4) is 22.3 Å². The predicted molar refractivity (Wildman–Crippen MR) is 217 cm³/mol. The van der Waals surface area contributed by atoms with E-state index in [0.29, 0.717) is 19.1 Å². The van der Waals surface area contributed by atoms with Gasteiger partial charge in [-0.25, -0.2) is 0 Å². The normalized spacial score (nSPS) is 18.9. The van der Waals surface area contributed by atoms with Gasteiger partial charge in [-0.15, -0.1) is 0 Å². The van der Waals surface area contributed by atoms with Gasteiger partial charge in [0.15, 0.2) is 0 Å². The van der Waals surface area contributed by atoms with Crippen LogP contribution in [0.5, 0.6) is 0 Å². The van der Waals surface area contributed by atoms with Crippen LogP contribution < -0.4 is 24.8 Å². The fourth-order valence-electron chi connectivity index (χ4n) is 9.47. The van der Waals surface area contributed by atoms with Crippen molar-refractivity contribution in [1.82, 2.24) is 0 Å². The molecule has 4 bridgehead atoms. The van der Waals surface area contributed by atoms with E-state index in [9.17, 15) is 0 Å². The number of rotatable bonds is 12. The van der Waals surface area contributed by atoms with Crippen LogP contribution in [0.1, 0.15) is 145 Å². The minimum Gasteiger partial charge on any atom is -1.00 e. The average molecular weight is 825 g/mol. The summed E-state index contributed by atoms with van der Waals surface area (Å²) in [5.41, 5.74) is 19.2. The van der Waals surface area contributed by atoms with Crippen LogP contribution in [-0.4, -0.2) is 8.07 Å². The summed E-state index contributed by atoms with van der Waals surface area (Å²) in [4.78, 5) is 0. The molecule has 1 aliphatic heterocycles. The quantitative estimate of drug-likeness (QED) is 0.126. The molecule has 7 rings (SSSR count). The molecule has 4 heteroatoms. The van der Waals surface area contributed by atoms with E-state index in [0.717, 1.165) is 0 Å². The van der Waals surface area contributed by atoms with Crippen LogP contribution >= 0.6 is 0 Å². The summed E-state index contributed by atoms with van der Waals surface area (Å²) in [6.07, 6.45) is 10.1. The van der Waals surface area contributed by atoms with Crippen molar-refractivity contribution in [2.24, 2.45) is 0 Å². The molecule has 4 atom stereocenters. The van der Waals surface area contributed by atoms with Crippen molar-refractivity contribution in [3.05, 3.63) is 129 Å². The molecule has 52 heavy (non-hydrogen) atoms. The molecule has 1 heterocycles. The molecule has 272 valence electrons. The third-order valence-corrected chi connectivity index (χ3v) is 21.2. The van der Waals surface area contributed by atoms with Gasteiger partial charge in [0.1, 0.15) is 0 Å². The van der Waals surface area contributed by atoms with Crippen molar-refractivity contribution in [2.45, 2.75) is 125 Å². The van der Waals surface area contributed by atoms with E-state index in [1.807, 2.05) is 21.5 Å². The number of hydrogen-bond donors (Lipinski definition) is 0. The molecule has 4 aromatic rings. The van der Waals surface area contributed by atoms with Crippen molar-refractivity contribution in [3.63, 3.8) is 0 Å². The molecule has 0 nitrogen and oxygen atoms in total. The molecule has 4 unspecified atom stereocenters. The van der Waals surface area contributed by atoms with Crippen LogP contribution in [-0.2, 0) is 23.2 Å². The summed E-state index contributed by atoms with van der Waals surface area (Å²) >= 11 is -0.981. The van der Waals surface area contributed by atoms with Crippen LogP contribution in [0.2, 0.25) is 13.1 Å². The first-order chi connectivity index (χ1) is 24.2. The first-order valence-electron chi connectivity index (χ1n) is 19.9. The van der Waals surface area contributed by atoms with Crippen LogP contribution in [0.25, 0.3) is 32.6 Å². The van der Waals surface area contributed by atoms with Gasteiger partial charge in [0, 0.05) is 0 Å². The molecule has 0 saturated heterocycles. The number of unbranched alkanes of at least 4 members (excludes halogenated alkanes) is 2. The van der Waals surface area contributed by atoms with Gasteiger partial charge in [-0.1, -0.05) is 0 Å². The zero-order valence-electron chi connectivity index (χ0n) is 32.8. The fourth-order valence-corrected chi connectivity index (χ4v) is 19.7. The second-order valence-corrected chi connectivity index (χ2v) is 24.0. The second kappa shape index (κ2) is 17.2. The predicted octanol–water partition coefficient (Wildman–Crippen LogP) is 8.64. The van der Waals surface area contributed by atoms with Gasteiger partial charge in [0.05, 0.1) is 0 Å². The SMILES string of the molecule is CCCCC1=C2c3c(-c4ccc(C(C)CC)cc4)cccc3[CH]1[Zr+2][CH]1C(CCCC)=C(c3c(-c4ccc(C(C)CC)cc4)cccc31)[Si]2(C)C.[Cl-].[Cl-]. The van der Waals surface area contributed by atoms with E-state index < -0.39 is 31.3 Å². The fraction of sp³-hybridized carbons (Fsp3) is 0.417. The van der Waals surface area contributed by atoms with Crippen molar-refractivity contribution >= 4 is 18.5 Å². The minimum atomic E-state index is -2.19. The number of allylic oxidation sites excluding steroid dienone is 2. The van der Waals surface area contributed by atoms with E-state index in [2.05, 4.69) is 140 Å². The third kappa shape index (κ3) is 7.14. The topological polar surface area (TPSA) is 0 Å². The molecule has 2 aliphatic carbocycles. The summed E-state index contributed by atoms with van der Waals surface area (Å²) in [6.45, 7) is 19.6. The van der Waals surface area contributed by atoms with Crippen molar-refractivity contribution in [2.75, 3.05) is 0 Å². The number of hydrogen-bond acceptors (Lipinski definition) is 0. The van der Waals surface area contributed by atoms with E-state index in [-0.39, 0.29) is 24.8 Å². The zero-order chi connectivity index (χ0) is 35.2. The van der Waals surface area contributed by atoms with Gasteiger partial charge in [-0.3, -0.25) is 0 Å². The molecule has 0 spiro atoms. The molecule has 0 radical (unpaired) electrons. The van der Waals surface area contributed by atoms with Gasteiger partial charge in [0.25, 0.3) is 0 Å². The molecule has 3 aliphatic rings.